The van der Waals surface area contributed by atoms with Crippen LogP contribution in [0.1, 0.15) is 66.7 Å². The Morgan fingerprint density at radius 3 is 2.42 bits per heavy atom. The number of aliphatic hydroxyl groups is 1. The number of rotatable bonds is 14. The molecular weight excluding hydrogens is 596 g/mol. The fourth-order valence-corrected chi connectivity index (χ4v) is 5.73. The van der Waals surface area contributed by atoms with E-state index in [9.17, 15) is 19.5 Å². The number of benzene rings is 2. The highest BCUT2D eigenvalue weighted by atomic mass is 32.1. The highest BCUT2D eigenvalue weighted by Gasteiger charge is 2.48. The smallest absolute Gasteiger partial charge is 0.350 e. The number of hydrogen-bond acceptors (Lipinski definition) is 10. The molecule has 0 saturated carbocycles. The van der Waals surface area contributed by atoms with Crippen molar-refractivity contribution in [1.82, 2.24) is 4.98 Å². The van der Waals surface area contributed by atoms with Gasteiger partial charge in [0.2, 0.25) is 0 Å². The van der Waals surface area contributed by atoms with Crippen LogP contribution in [0.5, 0.6) is 17.2 Å². The second-order valence-electron chi connectivity index (χ2n) is 10.6. The molecule has 10 nitrogen and oxygen atoms in total. The number of nitrogens with zero attached hydrogens (tertiary/aromatic N) is 2. The molecular formula is C34H38N2O8S. The molecule has 0 aliphatic carbocycles. The third kappa shape index (κ3) is 7.37. The number of amides is 1. The van der Waals surface area contributed by atoms with Gasteiger partial charge in [-0.3, -0.25) is 14.5 Å². The third-order valence-corrected chi connectivity index (χ3v) is 8.07. The zero-order valence-electron chi connectivity index (χ0n) is 26.1. The van der Waals surface area contributed by atoms with E-state index in [0.29, 0.717) is 59.8 Å². The number of aromatic nitrogens is 1. The van der Waals surface area contributed by atoms with Crippen molar-refractivity contribution in [2.75, 3.05) is 31.3 Å². The molecule has 1 aromatic heterocycles. The minimum atomic E-state index is -1.09. The van der Waals surface area contributed by atoms with Crippen LogP contribution in [0.4, 0.5) is 5.13 Å². The second kappa shape index (κ2) is 14.9. The maximum absolute atomic E-state index is 13.7. The first-order valence-electron chi connectivity index (χ1n) is 14.8. The lowest BCUT2D eigenvalue weighted by molar-refractivity contribution is -0.132. The molecule has 1 amide bonds. The van der Waals surface area contributed by atoms with Crippen molar-refractivity contribution in [3.8, 4) is 17.2 Å². The van der Waals surface area contributed by atoms with Gasteiger partial charge in [0.1, 0.15) is 23.0 Å². The normalized spacial score (nSPS) is 15.8. The van der Waals surface area contributed by atoms with Crippen LogP contribution >= 0.6 is 11.3 Å². The topological polar surface area (TPSA) is 124 Å². The van der Waals surface area contributed by atoms with E-state index in [-0.39, 0.29) is 27.9 Å². The first-order chi connectivity index (χ1) is 21.6. The van der Waals surface area contributed by atoms with Crippen molar-refractivity contribution in [2.45, 2.75) is 47.1 Å². The van der Waals surface area contributed by atoms with E-state index >= 15 is 0 Å². The van der Waals surface area contributed by atoms with E-state index in [1.54, 1.807) is 49.4 Å². The average Bonchev–Trinajstić information content (AvgIpc) is 3.52. The van der Waals surface area contributed by atoms with Crippen LogP contribution in [-0.4, -0.2) is 54.2 Å². The third-order valence-electron chi connectivity index (χ3n) is 6.93. The van der Waals surface area contributed by atoms with Crippen molar-refractivity contribution >= 4 is 39.9 Å². The van der Waals surface area contributed by atoms with Gasteiger partial charge in [-0.2, -0.15) is 0 Å². The standard InChI is InChI=1S/C34H38N2O8S/c1-7-17-44-33(40)31-21(6)35-34(45-31)36-28(23-12-15-25(26(19-23)42-9-3)43-18-16-20(4)5)27(30(38)32(36)39)29(37)22-10-13-24(14-11-22)41-8-2/h7,10-15,19-20,28,37H,1,8-9,16-18H2,2-6H3. The predicted molar refractivity (Wildman–Crippen MR) is 172 cm³/mol. The summed E-state index contributed by atoms with van der Waals surface area (Å²) in [6.45, 7) is 14.4. The molecule has 4 rings (SSSR count). The Kier molecular flexibility index (Phi) is 11.0. The number of aryl methyl sites for hydroxylation is 1. The predicted octanol–water partition coefficient (Wildman–Crippen LogP) is 6.64. The molecule has 3 aromatic rings. The summed E-state index contributed by atoms with van der Waals surface area (Å²) in [6.07, 6.45) is 2.29. The Hall–Kier alpha value is -4.64. The summed E-state index contributed by atoms with van der Waals surface area (Å²) in [5.74, 6) is -0.806. The van der Waals surface area contributed by atoms with Gasteiger partial charge in [-0.05, 0) is 75.1 Å². The number of ketones is 1. The molecule has 1 fully saturated rings. The van der Waals surface area contributed by atoms with Gasteiger partial charge in [0, 0.05) is 5.56 Å². The Morgan fingerprint density at radius 1 is 1.07 bits per heavy atom. The van der Waals surface area contributed by atoms with E-state index < -0.39 is 23.7 Å². The number of thiazole rings is 1. The minimum Gasteiger partial charge on any atom is -0.507 e. The fourth-order valence-electron chi connectivity index (χ4n) is 4.74. The number of esters is 1. The molecule has 1 unspecified atom stereocenters. The van der Waals surface area contributed by atoms with Gasteiger partial charge in [0.15, 0.2) is 16.6 Å². The van der Waals surface area contributed by atoms with Gasteiger partial charge >= 0.3 is 11.9 Å². The first-order valence-corrected chi connectivity index (χ1v) is 15.6. The van der Waals surface area contributed by atoms with Gasteiger partial charge in [0.25, 0.3) is 5.78 Å². The van der Waals surface area contributed by atoms with Gasteiger partial charge < -0.3 is 24.1 Å². The molecule has 0 spiro atoms. The molecule has 1 aliphatic rings. The number of carbonyl (C=O) groups is 3. The van der Waals surface area contributed by atoms with E-state index in [1.165, 1.54) is 11.0 Å². The Morgan fingerprint density at radius 2 is 1.78 bits per heavy atom. The number of hydrogen-bond donors (Lipinski definition) is 1. The number of anilines is 1. The van der Waals surface area contributed by atoms with E-state index in [1.807, 2.05) is 13.8 Å². The minimum absolute atomic E-state index is 0.00387. The van der Waals surface area contributed by atoms with Crippen molar-refractivity contribution in [3.05, 3.63) is 82.4 Å². The Labute approximate surface area is 266 Å². The molecule has 2 aromatic carbocycles. The average molecular weight is 635 g/mol. The molecule has 11 heteroatoms. The lowest BCUT2D eigenvalue weighted by Gasteiger charge is -2.24. The van der Waals surface area contributed by atoms with Crippen LogP contribution in [0.15, 0.2) is 60.7 Å². The summed E-state index contributed by atoms with van der Waals surface area (Å²) < 4.78 is 22.6. The van der Waals surface area contributed by atoms with Gasteiger partial charge in [-0.15, -0.1) is 0 Å². The Balaban J connectivity index is 1.87. The van der Waals surface area contributed by atoms with E-state index in [2.05, 4.69) is 25.4 Å². The van der Waals surface area contributed by atoms with E-state index in [4.69, 9.17) is 18.9 Å². The maximum atomic E-state index is 13.7. The Bertz CT molecular complexity index is 1590. The first kappa shape index (κ1) is 33.3. The SMILES string of the molecule is C=CCOC(=O)c1sc(N2C(=O)C(=O)C(=C(O)c3ccc(OCC)cc3)C2c2ccc(OCCC(C)C)c(OCC)c2)nc1C. The van der Waals surface area contributed by atoms with Crippen LogP contribution in [0.3, 0.4) is 0 Å². The molecule has 1 N–H and O–H groups in total. The molecule has 1 saturated heterocycles. The number of aliphatic hydroxyl groups excluding tert-OH is 1. The summed E-state index contributed by atoms with van der Waals surface area (Å²) >= 11 is 0.924. The maximum Gasteiger partial charge on any atom is 0.350 e. The quantitative estimate of drug-likeness (QED) is 0.0683. The molecule has 1 atom stereocenters. The van der Waals surface area contributed by atoms with Crippen LogP contribution in [0.25, 0.3) is 5.76 Å². The number of ether oxygens (including phenoxy) is 4. The largest absolute Gasteiger partial charge is 0.507 e. The van der Waals surface area contributed by atoms with Crippen molar-refractivity contribution in [2.24, 2.45) is 5.92 Å². The van der Waals surface area contributed by atoms with Crippen molar-refractivity contribution < 1.29 is 38.4 Å². The summed E-state index contributed by atoms with van der Waals surface area (Å²) in [7, 11) is 0. The highest BCUT2D eigenvalue weighted by molar-refractivity contribution is 7.17. The monoisotopic (exact) mass is 634 g/mol. The van der Waals surface area contributed by atoms with Crippen LogP contribution in [0.2, 0.25) is 0 Å². The molecule has 2 heterocycles. The summed E-state index contributed by atoms with van der Waals surface area (Å²) in [6, 6.07) is 10.6. The fraction of sp³-hybridized carbons (Fsp3) is 0.353. The lowest BCUT2D eigenvalue weighted by atomic mass is 9.95. The zero-order valence-corrected chi connectivity index (χ0v) is 26.9. The lowest BCUT2D eigenvalue weighted by Crippen LogP contribution is -2.29. The van der Waals surface area contributed by atoms with Gasteiger partial charge in [-0.1, -0.05) is 43.9 Å². The molecule has 0 radical (unpaired) electrons. The van der Waals surface area contributed by atoms with Crippen molar-refractivity contribution in [1.29, 1.82) is 0 Å². The molecule has 238 valence electrons. The van der Waals surface area contributed by atoms with Crippen LogP contribution < -0.4 is 19.1 Å². The molecule has 0 bridgehead atoms. The molecule has 1 aliphatic heterocycles. The van der Waals surface area contributed by atoms with Crippen molar-refractivity contribution in [3.63, 3.8) is 0 Å². The van der Waals surface area contributed by atoms with Crippen LogP contribution in [0, 0.1) is 12.8 Å². The summed E-state index contributed by atoms with van der Waals surface area (Å²) in [5, 5.41) is 11.7. The zero-order chi connectivity index (χ0) is 32.7. The van der Waals surface area contributed by atoms with Gasteiger partial charge in [-0.25, -0.2) is 9.78 Å². The number of carbonyl (C=O) groups excluding carboxylic acids is 3. The van der Waals surface area contributed by atoms with Crippen LogP contribution in [-0.2, 0) is 14.3 Å². The summed E-state index contributed by atoms with van der Waals surface area (Å²) in [5.41, 5.74) is 0.998. The molecule has 45 heavy (non-hydrogen) atoms. The highest BCUT2D eigenvalue weighted by Crippen LogP contribution is 2.45. The summed E-state index contributed by atoms with van der Waals surface area (Å²) in [4.78, 5) is 46.0. The van der Waals surface area contributed by atoms with E-state index in [0.717, 1.165) is 17.8 Å². The second-order valence-corrected chi connectivity index (χ2v) is 11.6. The number of Topliss-reactive ketones (excluding diaryl/α,β-unsaturated/α-hetero) is 1. The van der Waals surface area contributed by atoms with Gasteiger partial charge in [0.05, 0.1) is 37.1 Å².